The van der Waals surface area contributed by atoms with Gasteiger partial charge in [0, 0.05) is 21.7 Å². The third kappa shape index (κ3) is 3.02. The highest BCUT2D eigenvalue weighted by Crippen LogP contribution is 2.59. The van der Waals surface area contributed by atoms with Gasteiger partial charge in [-0.1, -0.05) is 0 Å². The molecule has 1 atom stereocenters. The molecule has 1 amide bonds. The molecule has 1 spiro atoms. The molecule has 1 saturated carbocycles. The summed E-state index contributed by atoms with van der Waals surface area (Å²) in [5.74, 6) is 0.668. The Hall–Kier alpha value is -0.870. The summed E-state index contributed by atoms with van der Waals surface area (Å²) in [5.41, 5.74) is 0.334. The van der Waals surface area contributed by atoms with Crippen molar-refractivity contribution < 1.29 is 4.79 Å². The summed E-state index contributed by atoms with van der Waals surface area (Å²) in [6, 6.07) is 4.59. The average molecular weight is 306 g/mol. The van der Waals surface area contributed by atoms with E-state index in [-0.39, 0.29) is 12.0 Å². The van der Waals surface area contributed by atoms with Gasteiger partial charge in [-0.2, -0.15) is 0 Å². The largest absolute Gasteiger partial charge is 0.335 e. The van der Waals surface area contributed by atoms with E-state index in [1.807, 2.05) is 0 Å². The highest BCUT2D eigenvalue weighted by Gasteiger charge is 2.58. The lowest BCUT2D eigenvalue weighted by Crippen LogP contribution is -2.39. The van der Waals surface area contributed by atoms with E-state index in [2.05, 4.69) is 43.1 Å². The summed E-state index contributed by atoms with van der Waals surface area (Å²) >= 11 is 1.81. The maximum Gasteiger partial charge on any atom is 0.226 e. The van der Waals surface area contributed by atoms with Gasteiger partial charge in [0.25, 0.3) is 0 Å². The van der Waals surface area contributed by atoms with Crippen molar-refractivity contribution in [3.8, 4) is 0 Å². The summed E-state index contributed by atoms with van der Waals surface area (Å²) in [6.45, 7) is 9.33. The molecule has 0 radical (unpaired) electrons. The second-order valence-corrected chi connectivity index (χ2v) is 8.31. The number of hydrogen-bond donors (Lipinski definition) is 1. The lowest BCUT2D eigenvalue weighted by atomic mass is 9.91. The quantitative estimate of drug-likeness (QED) is 0.926. The molecule has 1 aromatic heterocycles. The van der Waals surface area contributed by atoms with Gasteiger partial charge in [-0.15, -0.1) is 11.3 Å². The van der Waals surface area contributed by atoms with E-state index < -0.39 is 0 Å². The standard InChI is InChI=1S/C17H26N2OS/c1-12(2)19(11-14-5-4-13(3)21-14)16(20)15-10-17(15)6-8-18-9-7-17/h4-5,12,15,18H,6-11H2,1-3H3. The van der Waals surface area contributed by atoms with Gasteiger partial charge in [0.1, 0.15) is 0 Å². The topological polar surface area (TPSA) is 32.3 Å². The van der Waals surface area contributed by atoms with Crippen molar-refractivity contribution in [1.29, 1.82) is 0 Å². The second-order valence-electron chi connectivity index (χ2n) is 6.94. The van der Waals surface area contributed by atoms with Crippen LogP contribution in [0.1, 0.15) is 42.9 Å². The van der Waals surface area contributed by atoms with Crippen molar-refractivity contribution in [2.75, 3.05) is 13.1 Å². The third-order valence-corrected chi connectivity index (χ3v) is 6.10. The SMILES string of the molecule is Cc1ccc(CN(C(=O)C2CC23CCNCC3)C(C)C)s1. The normalized spacial score (nSPS) is 23.5. The van der Waals surface area contributed by atoms with Gasteiger partial charge in [0.2, 0.25) is 5.91 Å². The molecule has 0 aromatic carbocycles. The smallest absolute Gasteiger partial charge is 0.226 e. The van der Waals surface area contributed by atoms with Gasteiger partial charge in [-0.3, -0.25) is 4.79 Å². The Bertz CT molecular complexity index is 517. The minimum Gasteiger partial charge on any atom is -0.335 e. The van der Waals surface area contributed by atoms with Crippen LogP contribution in [0.4, 0.5) is 0 Å². The first-order valence-corrected chi connectivity index (χ1v) is 8.90. The fraction of sp³-hybridized carbons (Fsp3) is 0.706. The van der Waals surface area contributed by atoms with Crippen LogP contribution in [-0.4, -0.2) is 29.9 Å². The van der Waals surface area contributed by atoms with E-state index in [4.69, 9.17) is 0 Å². The van der Waals surface area contributed by atoms with Gasteiger partial charge >= 0.3 is 0 Å². The minimum absolute atomic E-state index is 0.277. The zero-order valence-corrected chi connectivity index (χ0v) is 14.1. The monoisotopic (exact) mass is 306 g/mol. The molecule has 1 aliphatic carbocycles. The molecule has 21 heavy (non-hydrogen) atoms. The number of carbonyl (C=O) groups is 1. The van der Waals surface area contributed by atoms with E-state index in [1.54, 1.807) is 11.3 Å². The van der Waals surface area contributed by atoms with Crippen molar-refractivity contribution in [3.63, 3.8) is 0 Å². The van der Waals surface area contributed by atoms with Crippen molar-refractivity contribution in [1.82, 2.24) is 10.2 Å². The van der Waals surface area contributed by atoms with Crippen LogP contribution in [0, 0.1) is 18.3 Å². The van der Waals surface area contributed by atoms with Crippen molar-refractivity contribution in [3.05, 3.63) is 21.9 Å². The van der Waals surface area contributed by atoms with Gasteiger partial charge in [0.05, 0.1) is 6.54 Å². The predicted octanol–water partition coefficient (Wildman–Crippen LogP) is 3.18. The molecule has 2 aliphatic rings. The number of nitrogens with zero attached hydrogens (tertiary/aromatic N) is 1. The Morgan fingerprint density at radius 1 is 1.43 bits per heavy atom. The molecule has 1 aliphatic heterocycles. The highest BCUT2D eigenvalue weighted by molar-refractivity contribution is 7.11. The van der Waals surface area contributed by atoms with Gasteiger partial charge in [0.15, 0.2) is 0 Å². The minimum atomic E-state index is 0.277. The molecular formula is C17H26N2OS. The molecule has 1 aromatic rings. The molecular weight excluding hydrogens is 280 g/mol. The summed E-state index contributed by atoms with van der Waals surface area (Å²) in [7, 11) is 0. The lowest BCUT2D eigenvalue weighted by molar-refractivity contribution is -0.136. The van der Waals surface area contributed by atoms with Crippen LogP contribution in [0.25, 0.3) is 0 Å². The van der Waals surface area contributed by atoms with Crippen molar-refractivity contribution in [2.24, 2.45) is 11.3 Å². The van der Waals surface area contributed by atoms with Crippen LogP contribution >= 0.6 is 11.3 Å². The third-order valence-electron chi connectivity index (χ3n) is 5.12. The van der Waals surface area contributed by atoms with E-state index in [0.29, 0.717) is 11.3 Å². The van der Waals surface area contributed by atoms with E-state index in [1.165, 1.54) is 22.6 Å². The fourth-order valence-electron chi connectivity index (χ4n) is 3.63. The highest BCUT2D eigenvalue weighted by atomic mass is 32.1. The first kappa shape index (κ1) is 15.0. The number of rotatable bonds is 4. The first-order chi connectivity index (χ1) is 10.0. The summed E-state index contributed by atoms with van der Waals surface area (Å²) in [6.07, 6.45) is 3.46. The zero-order chi connectivity index (χ0) is 15.0. The van der Waals surface area contributed by atoms with E-state index in [9.17, 15) is 4.79 Å². The lowest BCUT2D eigenvalue weighted by Gasteiger charge is -2.29. The molecule has 4 heteroatoms. The van der Waals surface area contributed by atoms with E-state index in [0.717, 1.165) is 26.1 Å². The molecule has 1 N–H and O–H groups in total. The molecule has 3 rings (SSSR count). The summed E-state index contributed by atoms with van der Waals surface area (Å²) in [5, 5.41) is 3.41. The Labute approximate surface area is 131 Å². The van der Waals surface area contributed by atoms with Crippen LogP contribution in [0.15, 0.2) is 12.1 Å². The van der Waals surface area contributed by atoms with Gasteiger partial charge in [-0.25, -0.2) is 0 Å². The second kappa shape index (κ2) is 5.73. The first-order valence-electron chi connectivity index (χ1n) is 8.08. The van der Waals surface area contributed by atoms with Crippen LogP contribution in [0.3, 0.4) is 0 Å². The Morgan fingerprint density at radius 2 is 2.14 bits per heavy atom. The van der Waals surface area contributed by atoms with E-state index >= 15 is 0 Å². The molecule has 1 saturated heterocycles. The van der Waals surface area contributed by atoms with Crippen LogP contribution < -0.4 is 5.32 Å². The van der Waals surface area contributed by atoms with Gasteiger partial charge in [-0.05, 0) is 70.7 Å². The fourth-order valence-corrected chi connectivity index (χ4v) is 4.52. The number of amides is 1. The molecule has 1 unspecified atom stereocenters. The van der Waals surface area contributed by atoms with Crippen molar-refractivity contribution in [2.45, 2.75) is 52.6 Å². The van der Waals surface area contributed by atoms with Crippen LogP contribution in [0.2, 0.25) is 0 Å². The predicted molar refractivity (Wildman–Crippen MR) is 87.4 cm³/mol. The van der Waals surface area contributed by atoms with Crippen LogP contribution in [-0.2, 0) is 11.3 Å². The molecule has 2 fully saturated rings. The summed E-state index contributed by atoms with van der Waals surface area (Å²) in [4.78, 5) is 17.7. The Balaban J connectivity index is 1.68. The maximum atomic E-state index is 12.9. The molecule has 2 heterocycles. The zero-order valence-electron chi connectivity index (χ0n) is 13.3. The molecule has 0 bridgehead atoms. The number of nitrogens with one attached hydrogen (secondary N) is 1. The summed E-state index contributed by atoms with van der Waals surface area (Å²) < 4.78 is 0. The Morgan fingerprint density at radius 3 is 2.71 bits per heavy atom. The number of aryl methyl sites for hydroxylation is 1. The molecule has 3 nitrogen and oxygen atoms in total. The number of carbonyl (C=O) groups excluding carboxylic acids is 1. The van der Waals surface area contributed by atoms with Crippen LogP contribution in [0.5, 0.6) is 0 Å². The average Bonchev–Trinajstić information content (AvgIpc) is 2.97. The number of hydrogen-bond acceptors (Lipinski definition) is 3. The molecule has 116 valence electrons. The van der Waals surface area contributed by atoms with Crippen molar-refractivity contribution >= 4 is 17.2 Å². The number of piperidine rings is 1. The maximum absolute atomic E-state index is 12.9. The Kier molecular flexibility index (Phi) is 4.10. The number of thiophene rings is 1. The van der Waals surface area contributed by atoms with Gasteiger partial charge < -0.3 is 10.2 Å².